The highest BCUT2D eigenvalue weighted by atomic mass is 35.5. The molecule has 0 saturated carbocycles. The summed E-state index contributed by atoms with van der Waals surface area (Å²) in [5.41, 5.74) is 2.22. The van der Waals surface area contributed by atoms with Crippen LogP contribution in [-0.2, 0) is 20.3 Å². The van der Waals surface area contributed by atoms with Gasteiger partial charge in [0.2, 0.25) is 0 Å². The van der Waals surface area contributed by atoms with Gasteiger partial charge in [0.25, 0.3) is 5.90 Å². The minimum atomic E-state index is 0.306. The highest BCUT2D eigenvalue weighted by Crippen LogP contribution is 2.15. The van der Waals surface area contributed by atoms with Crippen LogP contribution in [0.4, 0.5) is 0 Å². The van der Waals surface area contributed by atoms with E-state index in [0.29, 0.717) is 30.7 Å². The van der Waals surface area contributed by atoms with Gasteiger partial charge in [0, 0.05) is 11.4 Å². The molecule has 18 heavy (non-hydrogen) atoms. The minimum absolute atomic E-state index is 0.306. The van der Waals surface area contributed by atoms with E-state index < -0.39 is 0 Å². The number of oxime groups is 2. The zero-order valence-corrected chi connectivity index (χ0v) is 10.7. The molecule has 0 unspecified atom stereocenters. The van der Waals surface area contributed by atoms with E-state index in [-0.39, 0.29) is 0 Å². The number of hydrogen-bond donors (Lipinski definition) is 0. The highest BCUT2D eigenvalue weighted by molar-refractivity contribution is 6.45. The van der Waals surface area contributed by atoms with E-state index in [1.165, 1.54) is 7.11 Å². The Morgan fingerprint density at radius 2 is 2.28 bits per heavy atom. The van der Waals surface area contributed by atoms with Gasteiger partial charge < -0.3 is 14.4 Å². The summed E-state index contributed by atoms with van der Waals surface area (Å²) in [6.07, 6.45) is 0. The van der Waals surface area contributed by atoms with E-state index in [0.717, 1.165) is 11.1 Å². The normalized spacial score (nSPS) is 15.4. The molecule has 1 aliphatic heterocycles. The lowest BCUT2D eigenvalue weighted by atomic mass is 10.0. The van der Waals surface area contributed by atoms with Crippen molar-refractivity contribution in [2.45, 2.75) is 5.88 Å². The van der Waals surface area contributed by atoms with Crippen molar-refractivity contribution in [2.75, 3.05) is 20.3 Å². The fraction of sp³-hybridized carbons (Fsp3) is 0.333. The van der Waals surface area contributed by atoms with Crippen LogP contribution in [0.15, 0.2) is 34.6 Å². The van der Waals surface area contributed by atoms with Crippen LogP contribution in [0.2, 0.25) is 0 Å². The van der Waals surface area contributed by atoms with Crippen LogP contribution in [0.1, 0.15) is 11.1 Å². The van der Waals surface area contributed by atoms with Crippen molar-refractivity contribution in [3.05, 3.63) is 35.4 Å². The molecule has 0 bridgehead atoms. The first-order valence-electron chi connectivity index (χ1n) is 5.45. The van der Waals surface area contributed by atoms with E-state index >= 15 is 0 Å². The Hall–Kier alpha value is -1.75. The summed E-state index contributed by atoms with van der Waals surface area (Å²) in [7, 11) is 1.47. The third-order valence-electron chi connectivity index (χ3n) is 2.36. The van der Waals surface area contributed by atoms with Crippen molar-refractivity contribution < 1.29 is 14.4 Å². The zero-order chi connectivity index (χ0) is 12.8. The molecule has 0 atom stereocenters. The smallest absolute Gasteiger partial charge is 0.280 e. The maximum atomic E-state index is 5.91. The Morgan fingerprint density at radius 3 is 2.94 bits per heavy atom. The van der Waals surface area contributed by atoms with E-state index in [1.807, 2.05) is 24.3 Å². The molecule has 1 aromatic carbocycles. The van der Waals surface area contributed by atoms with Crippen LogP contribution in [0.25, 0.3) is 0 Å². The van der Waals surface area contributed by atoms with Gasteiger partial charge in [0.05, 0.1) is 0 Å². The number of nitrogens with zero attached hydrogens (tertiary/aromatic N) is 2. The number of hydrogen-bond acceptors (Lipinski definition) is 5. The molecule has 0 saturated heterocycles. The Balaban J connectivity index is 2.41. The fourth-order valence-electron chi connectivity index (χ4n) is 1.58. The topological polar surface area (TPSA) is 52.4 Å². The lowest BCUT2D eigenvalue weighted by molar-refractivity contribution is 0.0672. The third kappa shape index (κ3) is 2.73. The molecule has 5 nitrogen and oxygen atoms in total. The molecule has 0 aromatic heterocycles. The summed E-state index contributed by atoms with van der Waals surface area (Å²) in [6, 6.07) is 7.60. The number of ether oxygens (including phenoxy) is 1. The summed E-state index contributed by atoms with van der Waals surface area (Å²) in [5, 5.41) is 7.79. The van der Waals surface area contributed by atoms with E-state index in [2.05, 4.69) is 10.3 Å². The molecule has 1 heterocycles. The summed E-state index contributed by atoms with van der Waals surface area (Å²) in [4.78, 5) is 9.84. The molecule has 0 radical (unpaired) electrons. The van der Waals surface area contributed by atoms with E-state index in [1.54, 1.807) is 0 Å². The summed E-state index contributed by atoms with van der Waals surface area (Å²) in [5.74, 6) is 0.674. The fourth-order valence-corrected chi connectivity index (χ4v) is 1.81. The van der Waals surface area contributed by atoms with Crippen molar-refractivity contribution in [3.63, 3.8) is 0 Å². The number of alkyl halides is 1. The largest absolute Gasteiger partial charge is 0.470 e. The molecule has 6 heteroatoms. The van der Waals surface area contributed by atoms with Gasteiger partial charge in [-0.05, 0) is 10.7 Å². The number of rotatable bonds is 4. The molecule has 1 aliphatic rings. The summed E-state index contributed by atoms with van der Waals surface area (Å²) in [6.45, 7) is 0.867. The van der Waals surface area contributed by atoms with Crippen molar-refractivity contribution in [3.8, 4) is 0 Å². The predicted molar refractivity (Wildman–Crippen MR) is 68.9 cm³/mol. The van der Waals surface area contributed by atoms with Crippen LogP contribution in [0, 0.1) is 0 Å². The Bertz CT molecular complexity index is 474. The van der Waals surface area contributed by atoms with E-state index in [4.69, 9.17) is 26.0 Å². The van der Waals surface area contributed by atoms with Gasteiger partial charge >= 0.3 is 0 Å². The molecule has 0 amide bonds. The number of halogens is 1. The van der Waals surface area contributed by atoms with Crippen molar-refractivity contribution in [1.82, 2.24) is 0 Å². The lowest BCUT2D eigenvalue weighted by Gasteiger charge is -2.16. The van der Waals surface area contributed by atoms with Gasteiger partial charge in [-0.1, -0.05) is 29.4 Å². The van der Waals surface area contributed by atoms with E-state index in [9.17, 15) is 0 Å². The maximum Gasteiger partial charge on any atom is 0.280 e. The average molecular weight is 269 g/mol. The predicted octanol–water partition coefficient (Wildman–Crippen LogP) is 2.14. The standard InChI is InChI=1S/C12H13ClN2O3/c1-16-14-11(12-15-18-7-6-17-12)10-5-3-2-4-9(10)8-13/h2-5H,6-8H2,1H3/b14-11+. The average Bonchev–Trinajstić information content (AvgIpc) is 2.46. The number of benzene rings is 1. The molecule has 0 N–H and O–H groups in total. The first-order valence-corrected chi connectivity index (χ1v) is 5.98. The molecule has 96 valence electrons. The van der Waals surface area contributed by atoms with Gasteiger partial charge in [-0.25, -0.2) is 0 Å². The van der Waals surface area contributed by atoms with Gasteiger partial charge in [-0.2, -0.15) is 0 Å². The highest BCUT2D eigenvalue weighted by Gasteiger charge is 2.20. The summed E-state index contributed by atoms with van der Waals surface area (Å²) >= 11 is 5.91. The maximum absolute atomic E-state index is 5.91. The van der Waals surface area contributed by atoms with Crippen molar-refractivity contribution >= 4 is 23.2 Å². The third-order valence-corrected chi connectivity index (χ3v) is 2.65. The van der Waals surface area contributed by atoms with Gasteiger partial charge in [0.1, 0.15) is 13.7 Å². The Morgan fingerprint density at radius 1 is 1.44 bits per heavy atom. The molecule has 1 aromatic rings. The van der Waals surface area contributed by atoms with Gasteiger partial charge in [0.15, 0.2) is 12.3 Å². The molecule has 2 rings (SSSR count). The van der Waals surface area contributed by atoms with Gasteiger partial charge in [-0.3, -0.25) is 0 Å². The molecular weight excluding hydrogens is 256 g/mol. The van der Waals surface area contributed by atoms with Gasteiger partial charge in [-0.15, -0.1) is 11.6 Å². The zero-order valence-electron chi connectivity index (χ0n) is 9.93. The van der Waals surface area contributed by atoms with Crippen molar-refractivity contribution in [2.24, 2.45) is 10.3 Å². The second kappa shape index (κ2) is 6.26. The molecular formula is C12H13ClN2O3. The molecule has 0 aliphatic carbocycles. The van der Waals surface area contributed by atoms with Crippen LogP contribution >= 0.6 is 11.6 Å². The Labute approximate surface area is 110 Å². The quantitative estimate of drug-likeness (QED) is 0.478. The second-order valence-electron chi connectivity index (χ2n) is 3.49. The SMILES string of the molecule is CO/N=C(/C1=NOCCO1)c1ccccc1CCl. The Kier molecular flexibility index (Phi) is 4.41. The molecule has 0 fully saturated rings. The van der Waals surface area contributed by atoms with Crippen LogP contribution in [-0.4, -0.2) is 31.9 Å². The first-order chi connectivity index (χ1) is 8.86. The molecule has 0 spiro atoms. The monoisotopic (exact) mass is 268 g/mol. The van der Waals surface area contributed by atoms with Crippen LogP contribution < -0.4 is 0 Å². The summed E-state index contributed by atoms with van der Waals surface area (Å²) < 4.78 is 5.42. The van der Waals surface area contributed by atoms with Crippen LogP contribution in [0.5, 0.6) is 0 Å². The minimum Gasteiger partial charge on any atom is -0.470 e. The first kappa shape index (κ1) is 12.7. The van der Waals surface area contributed by atoms with Crippen LogP contribution in [0.3, 0.4) is 0 Å². The lowest BCUT2D eigenvalue weighted by Crippen LogP contribution is -2.26. The second-order valence-corrected chi connectivity index (χ2v) is 3.76. The van der Waals surface area contributed by atoms with Crippen molar-refractivity contribution in [1.29, 1.82) is 0 Å².